The summed E-state index contributed by atoms with van der Waals surface area (Å²) in [5.74, 6) is 0.123. The van der Waals surface area contributed by atoms with Gasteiger partial charge in [0, 0.05) is 12.1 Å². The van der Waals surface area contributed by atoms with Crippen LogP contribution in [0.15, 0.2) is 12.1 Å². The zero-order valence-electron chi connectivity index (χ0n) is 8.68. The van der Waals surface area contributed by atoms with Gasteiger partial charge >= 0.3 is 0 Å². The van der Waals surface area contributed by atoms with Gasteiger partial charge in [-0.05, 0) is 18.6 Å². The van der Waals surface area contributed by atoms with Gasteiger partial charge in [-0.3, -0.25) is 0 Å². The Kier molecular flexibility index (Phi) is 4.12. The molecule has 15 heavy (non-hydrogen) atoms. The molecule has 0 saturated heterocycles. The quantitative estimate of drug-likeness (QED) is 0.865. The summed E-state index contributed by atoms with van der Waals surface area (Å²) in [4.78, 5) is 0. The summed E-state index contributed by atoms with van der Waals surface area (Å²) in [6.07, 6.45) is 3.36. The second-order valence-electron chi connectivity index (χ2n) is 3.07. The number of rotatable bonds is 3. The van der Waals surface area contributed by atoms with Crippen molar-refractivity contribution in [3.8, 4) is 5.75 Å². The van der Waals surface area contributed by atoms with E-state index < -0.39 is 5.82 Å². The molecule has 0 aliphatic heterocycles. The first kappa shape index (κ1) is 12.0. The van der Waals surface area contributed by atoms with Crippen molar-refractivity contribution in [3.05, 3.63) is 34.1 Å². The molecule has 82 valence electrons. The van der Waals surface area contributed by atoms with Gasteiger partial charge in [-0.15, -0.1) is 0 Å². The normalized spacial score (nSPS) is 11.0. The summed E-state index contributed by atoms with van der Waals surface area (Å²) in [6.45, 7) is 2.13. The fourth-order valence-corrected chi connectivity index (χ4v) is 1.57. The minimum atomic E-state index is -0.452. The fraction of sp³-hybridized carbons (Fsp3) is 0.273. The lowest BCUT2D eigenvalue weighted by atomic mass is 10.1. The van der Waals surface area contributed by atoms with E-state index in [0.29, 0.717) is 23.4 Å². The van der Waals surface area contributed by atoms with Crippen LogP contribution in [0, 0.1) is 12.7 Å². The van der Waals surface area contributed by atoms with Crippen molar-refractivity contribution in [1.82, 2.24) is 0 Å². The van der Waals surface area contributed by atoms with E-state index in [9.17, 15) is 4.39 Å². The van der Waals surface area contributed by atoms with Crippen LogP contribution >= 0.6 is 11.6 Å². The Labute approximate surface area is 93.5 Å². The van der Waals surface area contributed by atoms with Crippen LogP contribution in [0.2, 0.25) is 5.02 Å². The molecule has 1 rings (SSSR count). The molecular formula is C11H13ClFNO. The van der Waals surface area contributed by atoms with Crippen LogP contribution in [0.25, 0.3) is 6.08 Å². The monoisotopic (exact) mass is 229 g/mol. The first-order chi connectivity index (χ1) is 7.11. The molecule has 0 heterocycles. The van der Waals surface area contributed by atoms with Crippen molar-refractivity contribution in [2.75, 3.05) is 13.7 Å². The van der Waals surface area contributed by atoms with E-state index in [2.05, 4.69) is 0 Å². The van der Waals surface area contributed by atoms with Gasteiger partial charge in [-0.25, -0.2) is 4.39 Å². The number of aryl methyl sites for hydroxylation is 1. The van der Waals surface area contributed by atoms with Crippen LogP contribution in [0.3, 0.4) is 0 Å². The highest BCUT2D eigenvalue weighted by molar-refractivity contribution is 6.32. The third kappa shape index (κ3) is 2.49. The second-order valence-corrected chi connectivity index (χ2v) is 3.45. The number of nitrogens with two attached hydrogens (primary N) is 1. The molecular weight excluding hydrogens is 217 g/mol. The predicted octanol–water partition coefficient (Wildman–Crippen LogP) is 2.77. The van der Waals surface area contributed by atoms with Crippen LogP contribution in [0.4, 0.5) is 4.39 Å². The fourth-order valence-electron chi connectivity index (χ4n) is 1.37. The lowest BCUT2D eigenvalue weighted by Crippen LogP contribution is -1.96. The van der Waals surface area contributed by atoms with Crippen molar-refractivity contribution in [1.29, 1.82) is 0 Å². The summed E-state index contributed by atoms with van der Waals surface area (Å²) in [5.41, 5.74) is 6.56. The molecule has 2 nitrogen and oxygen atoms in total. The lowest BCUT2D eigenvalue weighted by Gasteiger charge is -2.11. The molecule has 0 aliphatic rings. The van der Waals surface area contributed by atoms with Crippen molar-refractivity contribution in [3.63, 3.8) is 0 Å². The first-order valence-corrected chi connectivity index (χ1v) is 4.88. The number of ether oxygens (including phenoxy) is 1. The SMILES string of the molecule is COc1c(C)cc(F)c(Cl)c1/C=C/CN. The van der Waals surface area contributed by atoms with Crippen LogP contribution < -0.4 is 10.5 Å². The molecule has 1 aromatic carbocycles. The maximum absolute atomic E-state index is 13.3. The smallest absolute Gasteiger partial charge is 0.142 e. The van der Waals surface area contributed by atoms with Crippen molar-refractivity contribution in [2.24, 2.45) is 5.73 Å². The molecule has 0 atom stereocenters. The van der Waals surface area contributed by atoms with E-state index in [0.717, 1.165) is 0 Å². The molecule has 0 radical (unpaired) electrons. The summed E-state index contributed by atoms with van der Waals surface area (Å²) in [5, 5.41) is 0.0575. The Morgan fingerprint density at radius 1 is 1.60 bits per heavy atom. The predicted molar refractivity (Wildman–Crippen MR) is 60.8 cm³/mol. The van der Waals surface area contributed by atoms with Gasteiger partial charge in [-0.2, -0.15) is 0 Å². The maximum atomic E-state index is 13.3. The maximum Gasteiger partial charge on any atom is 0.142 e. The van der Waals surface area contributed by atoms with Crippen molar-refractivity contribution < 1.29 is 9.13 Å². The molecule has 0 amide bonds. The summed E-state index contributed by atoms with van der Waals surface area (Å²) < 4.78 is 18.5. The molecule has 0 spiro atoms. The zero-order chi connectivity index (χ0) is 11.4. The summed E-state index contributed by atoms with van der Waals surface area (Å²) in [6, 6.07) is 1.35. The summed E-state index contributed by atoms with van der Waals surface area (Å²) in [7, 11) is 1.52. The highest BCUT2D eigenvalue weighted by Gasteiger charge is 2.13. The van der Waals surface area contributed by atoms with Crippen molar-refractivity contribution >= 4 is 17.7 Å². The van der Waals surface area contributed by atoms with Gasteiger partial charge in [0.1, 0.15) is 11.6 Å². The van der Waals surface area contributed by atoms with E-state index in [-0.39, 0.29) is 5.02 Å². The van der Waals surface area contributed by atoms with E-state index in [1.807, 2.05) is 0 Å². The number of halogens is 2. The molecule has 0 fully saturated rings. The third-order valence-corrected chi connectivity index (χ3v) is 2.40. The molecule has 0 saturated carbocycles. The minimum Gasteiger partial charge on any atom is -0.496 e. The number of methoxy groups -OCH3 is 1. The Morgan fingerprint density at radius 3 is 2.80 bits per heavy atom. The van der Waals surface area contributed by atoms with Crippen LogP contribution in [0.5, 0.6) is 5.75 Å². The van der Waals surface area contributed by atoms with Gasteiger partial charge in [0.25, 0.3) is 0 Å². The highest BCUT2D eigenvalue weighted by atomic mass is 35.5. The standard InChI is InChI=1S/C11H13ClFNO/c1-7-6-9(13)10(12)8(4-3-5-14)11(7)15-2/h3-4,6H,5,14H2,1-2H3/b4-3+. The van der Waals surface area contributed by atoms with Gasteiger partial charge in [-0.1, -0.05) is 23.8 Å². The lowest BCUT2D eigenvalue weighted by molar-refractivity contribution is 0.409. The van der Waals surface area contributed by atoms with Gasteiger partial charge in [0.15, 0.2) is 0 Å². The Hall–Kier alpha value is -1.06. The van der Waals surface area contributed by atoms with Crippen molar-refractivity contribution in [2.45, 2.75) is 6.92 Å². The molecule has 0 aliphatic carbocycles. The van der Waals surface area contributed by atoms with E-state index in [1.54, 1.807) is 19.1 Å². The molecule has 4 heteroatoms. The largest absolute Gasteiger partial charge is 0.496 e. The number of hydrogen-bond donors (Lipinski definition) is 1. The van der Waals surface area contributed by atoms with E-state index in [4.69, 9.17) is 22.1 Å². The van der Waals surface area contributed by atoms with Gasteiger partial charge < -0.3 is 10.5 Å². The van der Waals surface area contributed by atoms with Crippen LogP contribution in [0.1, 0.15) is 11.1 Å². The van der Waals surface area contributed by atoms with Crippen LogP contribution in [-0.2, 0) is 0 Å². The molecule has 0 unspecified atom stereocenters. The average Bonchev–Trinajstić information content (AvgIpc) is 2.21. The zero-order valence-corrected chi connectivity index (χ0v) is 9.44. The minimum absolute atomic E-state index is 0.0575. The number of hydrogen-bond acceptors (Lipinski definition) is 2. The Bertz CT molecular complexity index is 391. The van der Waals surface area contributed by atoms with Gasteiger partial charge in [0.2, 0.25) is 0 Å². The molecule has 0 bridgehead atoms. The summed E-state index contributed by atoms with van der Waals surface area (Å²) >= 11 is 5.84. The van der Waals surface area contributed by atoms with E-state index >= 15 is 0 Å². The average molecular weight is 230 g/mol. The first-order valence-electron chi connectivity index (χ1n) is 4.51. The Morgan fingerprint density at radius 2 is 2.27 bits per heavy atom. The third-order valence-electron chi connectivity index (χ3n) is 2.02. The topological polar surface area (TPSA) is 35.2 Å². The number of benzene rings is 1. The second kappa shape index (κ2) is 5.14. The Balaban J connectivity index is 3.36. The molecule has 1 aromatic rings. The highest BCUT2D eigenvalue weighted by Crippen LogP contribution is 2.33. The van der Waals surface area contributed by atoms with Gasteiger partial charge in [0.05, 0.1) is 12.1 Å². The van der Waals surface area contributed by atoms with Crippen LogP contribution in [-0.4, -0.2) is 13.7 Å². The van der Waals surface area contributed by atoms with E-state index in [1.165, 1.54) is 13.2 Å². The molecule has 0 aromatic heterocycles. The molecule has 2 N–H and O–H groups in total.